The molecule has 4 nitrogen and oxygen atoms in total. The maximum Gasteiger partial charge on any atom is 0.265 e. The molecule has 0 fully saturated rings. The lowest BCUT2D eigenvalue weighted by Gasteiger charge is -2.16. The molecule has 0 unspecified atom stereocenters. The highest BCUT2D eigenvalue weighted by molar-refractivity contribution is 5.94. The molecule has 0 heterocycles. The minimum absolute atomic E-state index is 0.212. The number of nitrogens with one attached hydrogen (secondary N) is 1. The van der Waals surface area contributed by atoms with Crippen LogP contribution in [0, 0.1) is 18.3 Å². The zero-order valence-corrected chi connectivity index (χ0v) is 12.7. The Morgan fingerprint density at radius 1 is 1.23 bits per heavy atom. The predicted molar refractivity (Wildman–Crippen MR) is 85.7 cm³/mol. The molecule has 0 aromatic heterocycles. The van der Waals surface area contributed by atoms with Gasteiger partial charge in [-0.15, -0.1) is 0 Å². The molecule has 1 N–H and O–H groups in total. The van der Waals surface area contributed by atoms with Crippen LogP contribution in [-0.4, -0.2) is 12.0 Å². The molecule has 4 heteroatoms. The summed E-state index contributed by atoms with van der Waals surface area (Å²) in [5.41, 5.74) is 2.60. The average Bonchev–Trinajstić information content (AvgIpc) is 2.51. The molecular formula is C18H18N2O2. The van der Waals surface area contributed by atoms with E-state index >= 15 is 0 Å². The van der Waals surface area contributed by atoms with E-state index < -0.39 is 6.10 Å². The first-order chi connectivity index (χ1) is 10.6. The van der Waals surface area contributed by atoms with E-state index in [9.17, 15) is 4.79 Å². The van der Waals surface area contributed by atoms with E-state index in [1.165, 1.54) is 0 Å². The zero-order valence-electron chi connectivity index (χ0n) is 12.7. The second kappa shape index (κ2) is 7.28. The summed E-state index contributed by atoms with van der Waals surface area (Å²) in [5, 5.41) is 11.4. The smallest absolute Gasteiger partial charge is 0.265 e. The van der Waals surface area contributed by atoms with E-state index in [0.29, 0.717) is 17.9 Å². The van der Waals surface area contributed by atoms with Crippen LogP contribution >= 0.6 is 0 Å². The van der Waals surface area contributed by atoms with E-state index in [1.54, 1.807) is 19.1 Å². The molecule has 0 saturated carbocycles. The van der Waals surface area contributed by atoms with Crippen LogP contribution in [0.25, 0.3) is 0 Å². The first kappa shape index (κ1) is 15.6. The lowest BCUT2D eigenvalue weighted by Crippen LogP contribution is -2.30. The van der Waals surface area contributed by atoms with Gasteiger partial charge in [0, 0.05) is 5.69 Å². The summed E-state index contributed by atoms with van der Waals surface area (Å²) in [7, 11) is 0. The fourth-order valence-electron chi connectivity index (χ4n) is 1.97. The molecule has 1 atom stereocenters. The van der Waals surface area contributed by atoms with Gasteiger partial charge in [-0.05, 0) is 43.2 Å². The van der Waals surface area contributed by atoms with E-state index in [-0.39, 0.29) is 5.91 Å². The quantitative estimate of drug-likeness (QED) is 0.918. The summed E-state index contributed by atoms with van der Waals surface area (Å²) in [6.45, 7) is 3.65. The molecular weight excluding hydrogens is 276 g/mol. The standard InChI is InChI=1S/C18H18N2O2/c1-13-5-3-4-6-17(13)22-14(2)18(21)20-16-9-7-15(8-10-16)11-12-19/h3-10,14H,11H2,1-2H3,(H,20,21)/t14-/m0/s1. The highest BCUT2D eigenvalue weighted by Crippen LogP contribution is 2.18. The van der Waals surface area contributed by atoms with Crippen LogP contribution in [0.1, 0.15) is 18.1 Å². The van der Waals surface area contributed by atoms with E-state index in [4.69, 9.17) is 10.00 Å². The topological polar surface area (TPSA) is 62.1 Å². The Morgan fingerprint density at radius 3 is 2.55 bits per heavy atom. The maximum absolute atomic E-state index is 12.2. The normalized spacial score (nSPS) is 11.3. The number of anilines is 1. The molecule has 22 heavy (non-hydrogen) atoms. The van der Waals surface area contributed by atoms with Crippen LogP contribution < -0.4 is 10.1 Å². The number of rotatable bonds is 5. The molecule has 2 rings (SSSR count). The molecule has 0 spiro atoms. The lowest BCUT2D eigenvalue weighted by molar-refractivity contribution is -0.122. The minimum atomic E-state index is -0.597. The van der Waals surface area contributed by atoms with E-state index in [2.05, 4.69) is 11.4 Å². The number of amides is 1. The monoisotopic (exact) mass is 294 g/mol. The van der Waals surface area contributed by atoms with Crippen molar-refractivity contribution in [2.24, 2.45) is 0 Å². The summed E-state index contributed by atoms with van der Waals surface area (Å²) < 4.78 is 5.69. The summed E-state index contributed by atoms with van der Waals surface area (Å²) in [6, 6.07) is 16.9. The first-order valence-electron chi connectivity index (χ1n) is 7.09. The van der Waals surface area contributed by atoms with Crippen LogP contribution in [0.15, 0.2) is 48.5 Å². The number of aryl methyl sites for hydroxylation is 1. The number of nitriles is 1. The van der Waals surface area contributed by atoms with Gasteiger partial charge >= 0.3 is 0 Å². The Balaban J connectivity index is 1.96. The number of hydrogen-bond donors (Lipinski definition) is 1. The number of ether oxygens (including phenoxy) is 1. The number of benzene rings is 2. The fraction of sp³-hybridized carbons (Fsp3) is 0.222. The van der Waals surface area contributed by atoms with Crippen molar-refractivity contribution in [3.63, 3.8) is 0 Å². The third-order valence-electron chi connectivity index (χ3n) is 3.27. The third-order valence-corrected chi connectivity index (χ3v) is 3.27. The van der Waals surface area contributed by atoms with Crippen LogP contribution in [0.3, 0.4) is 0 Å². The van der Waals surface area contributed by atoms with Crippen molar-refractivity contribution in [1.29, 1.82) is 5.26 Å². The molecule has 0 radical (unpaired) electrons. The van der Waals surface area contributed by atoms with Crippen LogP contribution in [0.5, 0.6) is 5.75 Å². The van der Waals surface area contributed by atoms with Gasteiger partial charge in [0.1, 0.15) is 5.75 Å². The van der Waals surface area contributed by atoms with E-state index in [1.807, 2.05) is 43.3 Å². The molecule has 2 aromatic carbocycles. The minimum Gasteiger partial charge on any atom is -0.481 e. The van der Waals surface area contributed by atoms with Crippen LogP contribution in [-0.2, 0) is 11.2 Å². The molecule has 0 aliphatic heterocycles. The van der Waals surface area contributed by atoms with Crippen LogP contribution in [0.4, 0.5) is 5.69 Å². The van der Waals surface area contributed by atoms with Crippen molar-refractivity contribution in [1.82, 2.24) is 0 Å². The fourth-order valence-corrected chi connectivity index (χ4v) is 1.97. The van der Waals surface area contributed by atoms with Gasteiger partial charge in [0.05, 0.1) is 12.5 Å². The van der Waals surface area contributed by atoms with Gasteiger partial charge in [0.2, 0.25) is 0 Å². The second-order valence-corrected chi connectivity index (χ2v) is 5.05. The molecule has 0 saturated heterocycles. The Labute approximate surface area is 130 Å². The highest BCUT2D eigenvalue weighted by Gasteiger charge is 2.15. The van der Waals surface area contributed by atoms with Gasteiger partial charge < -0.3 is 10.1 Å². The summed E-state index contributed by atoms with van der Waals surface area (Å²) in [5.74, 6) is 0.491. The zero-order chi connectivity index (χ0) is 15.9. The summed E-state index contributed by atoms with van der Waals surface area (Å²) in [6.07, 6.45) is -0.235. The molecule has 1 amide bonds. The Kier molecular flexibility index (Phi) is 5.16. The maximum atomic E-state index is 12.2. The second-order valence-electron chi connectivity index (χ2n) is 5.05. The molecule has 2 aromatic rings. The Bertz CT molecular complexity index is 687. The van der Waals surface area contributed by atoms with Crippen LogP contribution in [0.2, 0.25) is 0 Å². The van der Waals surface area contributed by atoms with Gasteiger partial charge in [-0.2, -0.15) is 5.26 Å². The van der Waals surface area contributed by atoms with Gasteiger partial charge in [-0.3, -0.25) is 4.79 Å². The van der Waals surface area contributed by atoms with Crippen molar-refractivity contribution in [2.75, 3.05) is 5.32 Å². The molecule has 0 aliphatic carbocycles. The Morgan fingerprint density at radius 2 is 1.91 bits per heavy atom. The molecule has 0 bridgehead atoms. The highest BCUT2D eigenvalue weighted by atomic mass is 16.5. The largest absolute Gasteiger partial charge is 0.481 e. The summed E-state index contributed by atoms with van der Waals surface area (Å²) in [4.78, 5) is 12.2. The van der Waals surface area contributed by atoms with Gasteiger partial charge in [-0.25, -0.2) is 0 Å². The van der Waals surface area contributed by atoms with Crippen molar-refractivity contribution in [2.45, 2.75) is 26.4 Å². The SMILES string of the molecule is Cc1ccccc1O[C@@H](C)C(=O)Nc1ccc(CC#N)cc1. The molecule has 112 valence electrons. The number of carbonyl (C=O) groups is 1. The van der Waals surface area contributed by atoms with Crippen molar-refractivity contribution in [3.05, 3.63) is 59.7 Å². The lowest BCUT2D eigenvalue weighted by atomic mass is 10.1. The van der Waals surface area contributed by atoms with Crippen molar-refractivity contribution in [3.8, 4) is 11.8 Å². The summed E-state index contributed by atoms with van der Waals surface area (Å²) >= 11 is 0. The van der Waals surface area contributed by atoms with Crippen molar-refractivity contribution >= 4 is 11.6 Å². The first-order valence-corrected chi connectivity index (χ1v) is 7.09. The number of nitrogens with zero attached hydrogens (tertiary/aromatic N) is 1. The number of carbonyl (C=O) groups excluding carboxylic acids is 1. The number of para-hydroxylation sites is 1. The predicted octanol–water partition coefficient (Wildman–Crippen LogP) is 3.47. The number of hydrogen-bond acceptors (Lipinski definition) is 3. The van der Waals surface area contributed by atoms with Crippen molar-refractivity contribution < 1.29 is 9.53 Å². The Hall–Kier alpha value is -2.80. The molecule has 0 aliphatic rings. The average molecular weight is 294 g/mol. The van der Waals surface area contributed by atoms with Gasteiger partial charge in [-0.1, -0.05) is 30.3 Å². The third kappa shape index (κ3) is 4.10. The van der Waals surface area contributed by atoms with Gasteiger partial charge in [0.15, 0.2) is 6.10 Å². The van der Waals surface area contributed by atoms with E-state index in [0.717, 1.165) is 11.1 Å². The van der Waals surface area contributed by atoms with Gasteiger partial charge in [0.25, 0.3) is 5.91 Å².